The molecule has 1 atom stereocenters. The Morgan fingerprint density at radius 3 is 2.21 bits per heavy atom. The topological polar surface area (TPSA) is 84.9 Å². The van der Waals surface area contributed by atoms with Gasteiger partial charge in [-0.25, -0.2) is 8.42 Å². The lowest BCUT2D eigenvalue weighted by molar-refractivity contribution is -0.120. The number of methoxy groups -OCH3 is 2. The molecule has 4 rings (SSSR count). The molecule has 0 heterocycles. The molecule has 3 aromatic carbocycles. The normalized spacial score (nSPS) is 13.8. The lowest BCUT2D eigenvalue weighted by Crippen LogP contribution is -2.41. The van der Waals surface area contributed by atoms with Crippen LogP contribution in [0.5, 0.6) is 11.5 Å². The van der Waals surface area contributed by atoms with Crippen molar-refractivity contribution in [2.24, 2.45) is 0 Å². The van der Waals surface area contributed by atoms with Crippen LogP contribution in [0.3, 0.4) is 0 Å². The largest absolute Gasteiger partial charge is 0.493 e. The summed E-state index contributed by atoms with van der Waals surface area (Å²) in [7, 11) is -1.18. The molecule has 1 aliphatic rings. The highest BCUT2D eigenvalue weighted by molar-refractivity contribution is 7.92. The summed E-state index contributed by atoms with van der Waals surface area (Å²) in [5.41, 5.74) is 5.95. The molecule has 7 nitrogen and oxygen atoms in total. The monoisotopic (exact) mass is 536 g/mol. The van der Waals surface area contributed by atoms with Gasteiger partial charge in [-0.1, -0.05) is 24.3 Å². The lowest BCUT2D eigenvalue weighted by Gasteiger charge is -2.26. The second-order valence-corrected chi connectivity index (χ2v) is 11.8. The molecule has 38 heavy (non-hydrogen) atoms. The molecule has 0 spiro atoms. The maximum absolute atomic E-state index is 13.9. The fraction of sp³-hybridized carbons (Fsp3) is 0.367. The summed E-state index contributed by atoms with van der Waals surface area (Å²) in [6.45, 7) is 5.35. The Kier molecular flexibility index (Phi) is 8.31. The molecule has 0 unspecified atom stereocenters. The number of amides is 1. The van der Waals surface area contributed by atoms with Crippen molar-refractivity contribution in [3.8, 4) is 11.5 Å². The molecule has 0 aliphatic heterocycles. The van der Waals surface area contributed by atoms with E-state index in [9.17, 15) is 13.2 Å². The average Bonchev–Trinajstić information content (AvgIpc) is 2.90. The Bertz CT molecular complexity index is 1410. The Morgan fingerprint density at radius 2 is 1.55 bits per heavy atom. The van der Waals surface area contributed by atoms with Crippen LogP contribution in [0, 0.1) is 13.8 Å². The van der Waals surface area contributed by atoms with Crippen molar-refractivity contribution < 1.29 is 22.7 Å². The van der Waals surface area contributed by atoms with Crippen LogP contribution in [0.4, 0.5) is 5.69 Å². The van der Waals surface area contributed by atoms with E-state index in [4.69, 9.17) is 9.47 Å². The fourth-order valence-corrected chi connectivity index (χ4v) is 6.46. The van der Waals surface area contributed by atoms with E-state index >= 15 is 0 Å². The summed E-state index contributed by atoms with van der Waals surface area (Å²) in [5, 5.41) is 3.01. The summed E-state index contributed by atoms with van der Waals surface area (Å²) < 4.78 is 39.6. The highest BCUT2D eigenvalue weighted by Crippen LogP contribution is 2.33. The number of hydrogen-bond donors (Lipinski definition) is 1. The van der Waals surface area contributed by atoms with Crippen molar-refractivity contribution in [2.75, 3.05) is 25.1 Å². The lowest BCUT2D eigenvalue weighted by atomic mass is 9.89. The molecule has 0 saturated heterocycles. The van der Waals surface area contributed by atoms with E-state index in [1.807, 2.05) is 26.8 Å². The van der Waals surface area contributed by atoms with Crippen molar-refractivity contribution in [3.63, 3.8) is 0 Å². The Morgan fingerprint density at radius 1 is 0.895 bits per heavy atom. The Hall–Kier alpha value is -3.52. The number of rotatable bonds is 9. The van der Waals surface area contributed by atoms with Crippen LogP contribution in [0.25, 0.3) is 0 Å². The molecule has 0 bridgehead atoms. The van der Waals surface area contributed by atoms with E-state index in [-0.39, 0.29) is 17.5 Å². The van der Waals surface area contributed by atoms with Crippen LogP contribution >= 0.6 is 0 Å². The zero-order chi connectivity index (χ0) is 27.4. The number of fused-ring (bicyclic) bond motifs is 1. The number of carbonyl (C=O) groups is 1. The molecule has 0 radical (unpaired) electrons. The van der Waals surface area contributed by atoms with E-state index in [1.165, 1.54) is 50.3 Å². The minimum Gasteiger partial charge on any atom is -0.493 e. The van der Waals surface area contributed by atoms with Gasteiger partial charge in [-0.05, 0) is 98.5 Å². The standard InChI is InChI=1S/C30H36N2O5S/c1-20-14-21(2)16-26(15-20)32(38(34,35)27-12-13-28(36-4)29(18-27)37-5)19-30(33)31-22(3)24-11-10-23-8-6-7-9-25(23)17-24/h10-18,22H,6-9,19H2,1-5H3,(H,31,33)/t22-/m0/s1. The van der Waals surface area contributed by atoms with Crippen LogP contribution in [0.2, 0.25) is 0 Å². The number of ether oxygens (including phenoxy) is 2. The maximum atomic E-state index is 13.9. The summed E-state index contributed by atoms with van der Waals surface area (Å²) >= 11 is 0. The first kappa shape index (κ1) is 27.5. The molecule has 0 aromatic heterocycles. The molecule has 0 fully saturated rings. The number of anilines is 1. The van der Waals surface area contributed by atoms with Gasteiger partial charge in [-0.15, -0.1) is 0 Å². The van der Waals surface area contributed by atoms with Gasteiger partial charge in [0.05, 0.1) is 30.8 Å². The van der Waals surface area contributed by atoms with Gasteiger partial charge in [-0.3, -0.25) is 9.10 Å². The van der Waals surface area contributed by atoms with Crippen LogP contribution in [0.15, 0.2) is 59.5 Å². The molecule has 1 aliphatic carbocycles. The Balaban J connectivity index is 1.64. The number of benzene rings is 3. The van der Waals surface area contributed by atoms with E-state index in [1.54, 1.807) is 18.2 Å². The molecule has 1 amide bonds. The summed E-state index contributed by atoms with van der Waals surface area (Å²) in [6, 6.07) is 16.0. The molecular weight excluding hydrogens is 500 g/mol. The minimum atomic E-state index is -4.12. The SMILES string of the molecule is COc1ccc(S(=O)(=O)N(CC(=O)N[C@@H](C)c2ccc3c(c2)CCCC3)c2cc(C)cc(C)c2)cc1OC. The number of sulfonamides is 1. The van der Waals surface area contributed by atoms with Gasteiger partial charge in [0.1, 0.15) is 6.54 Å². The van der Waals surface area contributed by atoms with Gasteiger partial charge in [0.2, 0.25) is 5.91 Å². The maximum Gasteiger partial charge on any atom is 0.264 e. The smallest absolute Gasteiger partial charge is 0.264 e. The molecule has 202 valence electrons. The highest BCUT2D eigenvalue weighted by atomic mass is 32.2. The number of aryl methyl sites for hydroxylation is 4. The molecule has 3 aromatic rings. The third kappa shape index (κ3) is 5.96. The highest BCUT2D eigenvalue weighted by Gasteiger charge is 2.29. The van der Waals surface area contributed by atoms with E-state index < -0.39 is 15.9 Å². The first-order chi connectivity index (χ1) is 18.1. The van der Waals surface area contributed by atoms with Crippen molar-refractivity contribution in [1.82, 2.24) is 5.32 Å². The summed E-state index contributed by atoms with van der Waals surface area (Å²) in [5.74, 6) is 0.318. The van der Waals surface area contributed by atoms with Crippen LogP contribution < -0.4 is 19.1 Å². The van der Waals surface area contributed by atoms with E-state index in [0.717, 1.165) is 33.8 Å². The third-order valence-corrected chi connectivity index (χ3v) is 8.74. The predicted molar refractivity (Wildman–Crippen MR) is 150 cm³/mol. The van der Waals surface area contributed by atoms with Crippen molar-refractivity contribution in [1.29, 1.82) is 0 Å². The van der Waals surface area contributed by atoms with Gasteiger partial charge < -0.3 is 14.8 Å². The second-order valence-electron chi connectivity index (χ2n) is 9.90. The average molecular weight is 537 g/mol. The van der Waals surface area contributed by atoms with Crippen molar-refractivity contribution >= 4 is 21.6 Å². The summed E-state index contributed by atoms with van der Waals surface area (Å²) in [4.78, 5) is 13.3. The molecule has 8 heteroatoms. The van der Waals surface area contributed by atoms with Crippen molar-refractivity contribution in [2.45, 2.75) is 57.4 Å². The number of nitrogens with one attached hydrogen (secondary N) is 1. The quantitative estimate of drug-likeness (QED) is 0.403. The minimum absolute atomic E-state index is 0.00449. The van der Waals surface area contributed by atoms with Gasteiger partial charge in [0.25, 0.3) is 10.0 Å². The predicted octanol–water partition coefficient (Wildman–Crippen LogP) is 5.27. The van der Waals surface area contributed by atoms with E-state index in [0.29, 0.717) is 17.2 Å². The van der Waals surface area contributed by atoms with Gasteiger partial charge >= 0.3 is 0 Å². The number of hydrogen-bond acceptors (Lipinski definition) is 5. The second kappa shape index (κ2) is 11.5. The Labute approximate surface area is 225 Å². The fourth-order valence-electron chi connectivity index (χ4n) is 5.04. The zero-order valence-corrected chi connectivity index (χ0v) is 23.5. The molecular formula is C30H36N2O5S. The molecule has 1 N–H and O–H groups in total. The number of nitrogens with zero attached hydrogens (tertiary/aromatic N) is 1. The van der Waals surface area contributed by atoms with Crippen molar-refractivity contribution in [3.05, 3.63) is 82.4 Å². The first-order valence-corrected chi connectivity index (χ1v) is 14.3. The van der Waals surface area contributed by atoms with E-state index in [2.05, 4.69) is 23.5 Å². The van der Waals surface area contributed by atoms with Gasteiger partial charge in [0, 0.05) is 6.07 Å². The number of carbonyl (C=O) groups excluding carboxylic acids is 1. The molecule has 0 saturated carbocycles. The van der Waals surface area contributed by atoms with Crippen LogP contribution in [-0.4, -0.2) is 35.1 Å². The first-order valence-electron chi connectivity index (χ1n) is 12.9. The van der Waals surface area contributed by atoms with Crippen LogP contribution in [0.1, 0.15) is 53.6 Å². The van der Waals surface area contributed by atoms with Crippen LogP contribution in [-0.2, 0) is 27.7 Å². The van der Waals surface area contributed by atoms with Gasteiger partial charge in [-0.2, -0.15) is 0 Å². The third-order valence-electron chi connectivity index (χ3n) is 6.97. The van der Waals surface area contributed by atoms with Gasteiger partial charge in [0.15, 0.2) is 11.5 Å². The zero-order valence-electron chi connectivity index (χ0n) is 22.7. The summed E-state index contributed by atoms with van der Waals surface area (Å²) in [6.07, 6.45) is 4.53.